The van der Waals surface area contributed by atoms with Crippen LogP contribution in [-0.2, 0) is 4.74 Å². The molecule has 18 heavy (non-hydrogen) atoms. The summed E-state index contributed by atoms with van der Waals surface area (Å²) in [7, 11) is 1.37. The summed E-state index contributed by atoms with van der Waals surface area (Å²) in [5.41, 5.74) is 3.86. The fourth-order valence-electron chi connectivity index (χ4n) is 1.94. The number of nitrogens with zero attached hydrogens (tertiary/aromatic N) is 1. The SMILES string of the molecule is COC(=O)c1nc(-c2c(C)cccc2C)sc1C. The van der Waals surface area contributed by atoms with Crippen LogP contribution in [0.4, 0.5) is 0 Å². The molecule has 0 bridgehead atoms. The Balaban J connectivity index is 2.56. The van der Waals surface area contributed by atoms with E-state index in [4.69, 9.17) is 4.74 Å². The lowest BCUT2D eigenvalue weighted by Gasteiger charge is -2.05. The molecule has 1 heterocycles. The fourth-order valence-corrected chi connectivity index (χ4v) is 3.02. The minimum Gasteiger partial charge on any atom is -0.464 e. The van der Waals surface area contributed by atoms with E-state index in [9.17, 15) is 4.79 Å². The Kier molecular flexibility index (Phi) is 3.48. The van der Waals surface area contributed by atoms with Crippen molar-refractivity contribution in [2.45, 2.75) is 20.8 Å². The highest BCUT2D eigenvalue weighted by molar-refractivity contribution is 7.15. The summed E-state index contributed by atoms with van der Waals surface area (Å²) >= 11 is 1.53. The van der Waals surface area contributed by atoms with Gasteiger partial charge < -0.3 is 4.74 Å². The molecule has 0 unspecified atom stereocenters. The molecule has 0 saturated carbocycles. The van der Waals surface area contributed by atoms with Crippen LogP contribution in [0.1, 0.15) is 26.5 Å². The van der Waals surface area contributed by atoms with Gasteiger partial charge in [-0.25, -0.2) is 9.78 Å². The lowest BCUT2D eigenvalue weighted by atomic mass is 10.0. The molecule has 0 saturated heterocycles. The first-order valence-electron chi connectivity index (χ1n) is 5.67. The Morgan fingerprint density at radius 2 is 1.83 bits per heavy atom. The average Bonchev–Trinajstić information content (AvgIpc) is 2.70. The summed E-state index contributed by atoms with van der Waals surface area (Å²) in [4.78, 5) is 16.9. The van der Waals surface area contributed by atoms with Crippen molar-refractivity contribution in [3.05, 3.63) is 39.9 Å². The van der Waals surface area contributed by atoms with Crippen molar-refractivity contribution in [2.24, 2.45) is 0 Å². The predicted octanol–water partition coefficient (Wildman–Crippen LogP) is 3.52. The van der Waals surface area contributed by atoms with Crippen LogP contribution in [0.2, 0.25) is 0 Å². The quantitative estimate of drug-likeness (QED) is 0.776. The second-order valence-electron chi connectivity index (χ2n) is 4.18. The molecule has 0 atom stereocenters. The number of carbonyl (C=O) groups excluding carboxylic acids is 1. The first-order valence-corrected chi connectivity index (χ1v) is 6.48. The number of aromatic nitrogens is 1. The Labute approximate surface area is 110 Å². The van der Waals surface area contributed by atoms with E-state index >= 15 is 0 Å². The molecule has 94 valence electrons. The van der Waals surface area contributed by atoms with E-state index in [0.717, 1.165) is 15.4 Å². The van der Waals surface area contributed by atoms with E-state index in [1.165, 1.54) is 29.6 Å². The maximum Gasteiger partial charge on any atom is 0.357 e. The first-order chi connectivity index (χ1) is 8.54. The standard InChI is InChI=1S/C14H15NO2S/c1-8-6-5-7-9(2)11(8)13-15-12(10(3)18-13)14(16)17-4/h5-7H,1-4H3. The van der Waals surface area contributed by atoms with Crippen molar-refractivity contribution in [1.29, 1.82) is 0 Å². The number of methoxy groups -OCH3 is 1. The zero-order chi connectivity index (χ0) is 13.3. The number of ether oxygens (including phenoxy) is 1. The molecule has 0 aliphatic carbocycles. The number of benzene rings is 1. The van der Waals surface area contributed by atoms with Crippen LogP contribution in [-0.4, -0.2) is 18.1 Å². The summed E-state index contributed by atoms with van der Waals surface area (Å²) in [5, 5.41) is 0.878. The molecule has 0 fully saturated rings. The van der Waals surface area contributed by atoms with Gasteiger partial charge in [-0.05, 0) is 31.9 Å². The van der Waals surface area contributed by atoms with Gasteiger partial charge in [-0.3, -0.25) is 0 Å². The van der Waals surface area contributed by atoms with Crippen LogP contribution in [0.3, 0.4) is 0 Å². The number of carbonyl (C=O) groups is 1. The van der Waals surface area contributed by atoms with Gasteiger partial charge in [0.1, 0.15) is 5.01 Å². The van der Waals surface area contributed by atoms with Gasteiger partial charge >= 0.3 is 5.97 Å². The van der Waals surface area contributed by atoms with Gasteiger partial charge in [0.2, 0.25) is 0 Å². The lowest BCUT2D eigenvalue weighted by molar-refractivity contribution is 0.0594. The molecule has 0 amide bonds. The number of rotatable bonds is 2. The molecule has 4 heteroatoms. The summed E-state index contributed by atoms with van der Waals surface area (Å²) in [6.45, 7) is 5.99. The van der Waals surface area contributed by atoms with Crippen LogP contribution in [0, 0.1) is 20.8 Å². The van der Waals surface area contributed by atoms with E-state index in [1.807, 2.05) is 13.0 Å². The van der Waals surface area contributed by atoms with Crippen LogP contribution >= 0.6 is 11.3 Å². The molecule has 0 spiro atoms. The second kappa shape index (κ2) is 4.90. The highest BCUT2D eigenvalue weighted by Gasteiger charge is 2.18. The molecular formula is C14H15NO2S. The van der Waals surface area contributed by atoms with Gasteiger partial charge in [0.05, 0.1) is 7.11 Å². The number of aryl methyl sites for hydroxylation is 3. The normalized spacial score (nSPS) is 10.4. The molecule has 0 aliphatic rings. The molecular weight excluding hydrogens is 246 g/mol. The molecule has 1 aromatic heterocycles. The maximum atomic E-state index is 11.6. The number of esters is 1. The van der Waals surface area contributed by atoms with E-state index in [0.29, 0.717) is 5.69 Å². The highest BCUT2D eigenvalue weighted by Crippen LogP contribution is 2.32. The second-order valence-corrected chi connectivity index (χ2v) is 5.39. The number of hydrogen-bond donors (Lipinski definition) is 0. The summed E-state index contributed by atoms with van der Waals surface area (Å²) < 4.78 is 4.73. The van der Waals surface area contributed by atoms with Gasteiger partial charge in [-0.2, -0.15) is 0 Å². The first kappa shape index (κ1) is 12.8. The molecule has 0 N–H and O–H groups in total. The van der Waals surface area contributed by atoms with E-state index in [-0.39, 0.29) is 5.97 Å². The summed E-state index contributed by atoms with van der Waals surface area (Å²) in [6, 6.07) is 6.13. The van der Waals surface area contributed by atoms with Crippen molar-refractivity contribution in [2.75, 3.05) is 7.11 Å². The Morgan fingerprint density at radius 3 is 2.39 bits per heavy atom. The summed E-state index contributed by atoms with van der Waals surface area (Å²) in [5.74, 6) is -0.374. The smallest absolute Gasteiger partial charge is 0.357 e. The van der Waals surface area contributed by atoms with E-state index < -0.39 is 0 Å². The van der Waals surface area contributed by atoms with Crippen molar-refractivity contribution in [3.8, 4) is 10.6 Å². The highest BCUT2D eigenvalue weighted by atomic mass is 32.1. The number of hydrogen-bond acceptors (Lipinski definition) is 4. The Hall–Kier alpha value is -1.68. The predicted molar refractivity (Wildman–Crippen MR) is 73.1 cm³/mol. The van der Waals surface area contributed by atoms with Gasteiger partial charge in [0, 0.05) is 10.4 Å². The van der Waals surface area contributed by atoms with Crippen LogP contribution < -0.4 is 0 Å². The van der Waals surface area contributed by atoms with Crippen LogP contribution in [0.15, 0.2) is 18.2 Å². The third-order valence-corrected chi connectivity index (χ3v) is 3.86. The van der Waals surface area contributed by atoms with Gasteiger partial charge in [-0.1, -0.05) is 18.2 Å². The zero-order valence-electron chi connectivity index (χ0n) is 10.9. The zero-order valence-corrected chi connectivity index (χ0v) is 11.7. The van der Waals surface area contributed by atoms with E-state index in [1.54, 1.807) is 0 Å². The van der Waals surface area contributed by atoms with Crippen LogP contribution in [0.5, 0.6) is 0 Å². The molecule has 3 nitrogen and oxygen atoms in total. The van der Waals surface area contributed by atoms with Crippen LogP contribution in [0.25, 0.3) is 10.6 Å². The Bertz CT molecular complexity index is 582. The maximum absolute atomic E-state index is 11.6. The molecule has 2 aromatic rings. The fraction of sp³-hybridized carbons (Fsp3) is 0.286. The largest absolute Gasteiger partial charge is 0.464 e. The monoisotopic (exact) mass is 261 g/mol. The molecule has 2 rings (SSSR count). The van der Waals surface area contributed by atoms with Crippen molar-refractivity contribution >= 4 is 17.3 Å². The Morgan fingerprint density at radius 1 is 1.22 bits per heavy atom. The van der Waals surface area contributed by atoms with Crippen molar-refractivity contribution in [1.82, 2.24) is 4.98 Å². The third kappa shape index (κ3) is 2.16. The number of thiazole rings is 1. The topological polar surface area (TPSA) is 39.2 Å². The van der Waals surface area contributed by atoms with Gasteiger partial charge in [0.15, 0.2) is 5.69 Å². The molecule has 0 radical (unpaired) electrons. The van der Waals surface area contributed by atoms with Crippen molar-refractivity contribution < 1.29 is 9.53 Å². The third-order valence-electron chi connectivity index (χ3n) is 2.87. The van der Waals surface area contributed by atoms with Gasteiger partial charge in [0.25, 0.3) is 0 Å². The van der Waals surface area contributed by atoms with Crippen molar-refractivity contribution in [3.63, 3.8) is 0 Å². The van der Waals surface area contributed by atoms with E-state index in [2.05, 4.69) is 31.0 Å². The molecule has 1 aromatic carbocycles. The minimum absolute atomic E-state index is 0.374. The molecule has 0 aliphatic heterocycles. The average molecular weight is 261 g/mol. The summed E-state index contributed by atoms with van der Waals surface area (Å²) in [6.07, 6.45) is 0. The minimum atomic E-state index is -0.374. The lowest BCUT2D eigenvalue weighted by Crippen LogP contribution is -2.03. The van der Waals surface area contributed by atoms with Gasteiger partial charge in [-0.15, -0.1) is 11.3 Å².